The molecule has 2 atom stereocenters. The maximum absolute atomic E-state index is 12.7. The van der Waals surface area contributed by atoms with Gasteiger partial charge in [-0.1, -0.05) is 0 Å². The van der Waals surface area contributed by atoms with Crippen molar-refractivity contribution in [2.45, 2.75) is 6.18 Å². The summed E-state index contributed by atoms with van der Waals surface area (Å²) in [4.78, 5) is 23.4. The monoisotopic (exact) mass is 299 g/mol. The number of nitrogens with zero attached hydrogens (tertiary/aromatic N) is 1. The minimum Gasteiger partial charge on any atom is -0.481 e. The fraction of sp³-hybridized carbons (Fsp3) is 0.818. The summed E-state index contributed by atoms with van der Waals surface area (Å²) in [7, 11) is 1.44. The molecule has 1 N–H and O–H groups in total. The highest BCUT2D eigenvalue weighted by Gasteiger charge is 2.53. The zero-order valence-electron chi connectivity index (χ0n) is 10.9. The number of hydrogen-bond acceptors (Lipinski definition) is 4. The molecular formula is C11H16F3NO5. The molecule has 6 nitrogen and oxygen atoms in total. The third-order valence-electron chi connectivity index (χ3n) is 3.07. The number of hydrogen-bond donors (Lipinski definition) is 1. The van der Waals surface area contributed by atoms with Gasteiger partial charge in [-0.25, -0.2) is 0 Å². The lowest BCUT2D eigenvalue weighted by molar-refractivity contribution is -0.188. The van der Waals surface area contributed by atoms with Gasteiger partial charge in [-0.15, -0.1) is 0 Å². The zero-order valence-corrected chi connectivity index (χ0v) is 10.9. The van der Waals surface area contributed by atoms with Crippen LogP contribution in [0.2, 0.25) is 0 Å². The first-order chi connectivity index (χ1) is 9.27. The van der Waals surface area contributed by atoms with Gasteiger partial charge in [0.25, 0.3) is 0 Å². The fourth-order valence-electron chi connectivity index (χ4n) is 1.98. The van der Waals surface area contributed by atoms with Crippen LogP contribution in [0.1, 0.15) is 0 Å². The van der Waals surface area contributed by atoms with Crippen molar-refractivity contribution in [3.63, 3.8) is 0 Å². The molecule has 20 heavy (non-hydrogen) atoms. The molecule has 0 aromatic rings. The van der Waals surface area contributed by atoms with Crippen molar-refractivity contribution in [2.75, 3.05) is 40.0 Å². The van der Waals surface area contributed by atoms with Crippen molar-refractivity contribution in [2.24, 2.45) is 11.8 Å². The Morgan fingerprint density at radius 2 is 1.95 bits per heavy atom. The lowest BCUT2D eigenvalue weighted by Gasteiger charge is -2.18. The van der Waals surface area contributed by atoms with E-state index >= 15 is 0 Å². The lowest BCUT2D eigenvalue weighted by Crippen LogP contribution is -2.34. The summed E-state index contributed by atoms with van der Waals surface area (Å²) in [5.74, 6) is -5.87. The molecule has 0 aliphatic carbocycles. The molecule has 116 valence electrons. The van der Waals surface area contributed by atoms with Crippen LogP contribution in [0.4, 0.5) is 13.2 Å². The molecule has 0 aromatic carbocycles. The van der Waals surface area contributed by atoms with Crippen molar-refractivity contribution in [3.8, 4) is 0 Å². The van der Waals surface area contributed by atoms with Crippen molar-refractivity contribution >= 4 is 11.9 Å². The molecule has 9 heteroatoms. The maximum atomic E-state index is 12.7. The third kappa shape index (κ3) is 4.34. The van der Waals surface area contributed by atoms with E-state index in [1.54, 1.807) is 0 Å². The van der Waals surface area contributed by atoms with Gasteiger partial charge >= 0.3 is 12.1 Å². The molecule has 0 bridgehead atoms. The zero-order chi connectivity index (χ0) is 15.3. The number of aliphatic carboxylic acids is 1. The summed E-state index contributed by atoms with van der Waals surface area (Å²) in [6, 6.07) is 0. The van der Waals surface area contributed by atoms with E-state index < -0.39 is 43.0 Å². The Morgan fingerprint density at radius 1 is 1.30 bits per heavy atom. The van der Waals surface area contributed by atoms with Crippen LogP contribution < -0.4 is 0 Å². The number of methoxy groups -OCH3 is 1. The second-order valence-electron chi connectivity index (χ2n) is 4.44. The molecule has 1 heterocycles. The molecule has 1 saturated heterocycles. The first kappa shape index (κ1) is 16.7. The van der Waals surface area contributed by atoms with E-state index in [-0.39, 0.29) is 19.8 Å². The molecule has 1 rings (SSSR count). The summed E-state index contributed by atoms with van der Waals surface area (Å²) < 4.78 is 47.7. The molecule has 0 unspecified atom stereocenters. The highest BCUT2D eigenvalue weighted by atomic mass is 19.4. The van der Waals surface area contributed by atoms with E-state index in [4.69, 9.17) is 9.84 Å². The van der Waals surface area contributed by atoms with Crippen LogP contribution in [0.3, 0.4) is 0 Å². The number of amides is 1. The molecule has 1 amide bonds. The number of likely N-dealkylation sites (tertiary alicyclic amines) is 1. The van der Waals surface area contributed by atoms with Gasteiger partial charge in [0, 0.05) is 20.2 Å². The van der Waals surface area contributed by atoms with Crippen molar-refractivity contribution in [1.29, 1.82) is 0 Å². The number of halogens is 3. The Bertz CT molecular complexity index is 360. The number of carbonyl (C=O) groups is 2. The van der Waals surface area contributed by atoms with Gasteiger partial charge in [0.1, 0.15) is 6.61 Å². The van der Waals surface area contributed by atoms with Gasteiger partial charge in [0.15, 0.2) is 0 Å². The van der Waals surface area contributed by atoms with Gasteiger partial charge < -0.3 is 19.5 Å². The normalized spacial score (nSPS) is 23.1. The molecule has 1 aliphatic heterocycles. The first-order valence-corrected chi connectivity index (χ1v) is 5.91. The minimum absolute atomic E-state index is 0.140. The molecule has 0 aromatic heterocycles. The summed E-state index contributed by atoms with van der Waals surface area (Å²) in [5, 5.41) is 8.81. The molecule has 0 saturated carbocycles. The topological polar surface area (TPSA) is 76.1 Å². The Kier molecular flexibility index (Phi) is 5.75. The van der Waals surface area contributed by atoms with E-state index in [0.717, 1.165) is 4.90 Å². The van der Waals surface area contributed by atoms with Crippen LogP contribution in [-0.2, 0) is 19.1 Å². The van der Waals surface area contributed by atoms with E-state index in [1.807, 2.05) is 0 Å². The van der Waals surface area contributed by atoms with Gasteiger partial charge in [-0.2, -0.15) is 13.2 Å². The number of alkyl halides is 3. The highest BCUT2D eigenvalue weighted by Crippen LogP contribution is 2.37. The van der Waals surface area contributed by atoms with E-state index in [2.05, 4.69) is 4.74 Å². The van der Waals surface area contributed by atoms with Crippen LogP contribution in [0.25, 0.3) is 0 Å². The highest BCUT2D eigenvalue weighted by molar-refractivity contribution is 5.80. The number of carboxylic acids is 1. The molecule has 1 aliphatic rings. The third-order valence-corrected chi connectivity index (χ3v) is 3.07. The van der Waals surface area contributed by atoms with E-state index in [9.17, 15) is 22.8 Å². The Balaban J connectivity index is 2.57. The van der Waals surface area contributed by atoms with Crippen LogP contribution in [-0.4, -0.2) is 68.1 Å². The number of rotatable bonds is 6. The van der Waals surface area contributed by atoms with Crippen molar-refractivity contribution < 1.29 is 37.3 Å². The van der Waals surface area contributed by atoms with Gasteiger partial charge in [-0.3, -0.25) is 9.59 Å². The molecule has 0 spiro atoms. The minimum atomic E-state index is -4.64. The van der Waals surface area contributed by atoms with Crippen molar-refractivity contribution in [3.05, 3.63) is 0 Å². The largest absolute Gasteiger partial charge is 0.481 e. The first-order valence-electron chi connectivity index (χ1n) is 5.91. The van der Waals surface area contributed by atoms with Gasteiger partial charge in [-0.05, 0) is 0 Å². The van der Waals surface area contributed by atoms with Gasteiger partial charge in [0.05, 0.1) is 25.0 Å². The average molecular weight is 299 g/mol. The second-order valence-corrected chi connectivity index (χ2v) is 4.44. The predicted octanol–water partition coefficient (Wildman–Crippen LogP) is 0.371. The SMILES string of the molecule is COCCOCC(=O)N1C[C@@H](C(F)(F)F)[C@H](C(=O)O)C1. The average Bonchev–Trinajstić information content (AvgIpc) is 2.79. The number of carboxylic acid groups (broad SMARTS) is 1. The summed E-state index contributed by atoms with van der Waals surface area (Å²) in [6.45, 7) is -1.09. The smallest absolute Gasteiger partial charge is 0.394 e. The maximum Gasteiger partial charge on any atom is 0.394 e. The Hall–Kier alpha value is -1.35. The molecule has 0 radical (unpaired) electrons. The van der Waals surface area contributed by atoms with E-state index in [0.29, 0.717) is 0 Å². The molecular weight excluding hydrogens is 283 g/mol. The fourth-order valence-corrected chi connectivity index (χ4v) is 1.98. The Morgan fingerprint density at radius 3 is 2.40 bits per heavy atom. The quantitative estimate of drug-likeness (QED) is 0.717. The number of carbonyl (C=O) groups excluding carboxylic acids is 1. The lowest BCUT2D eigenvalue weighted by atomic mass is 9.96. The van der Waals surface area contributed by atoms with Crippen LogP contribution in [0, 0.1) is 11.8 Å². The van der Waals surface area contributed by atoms with Crippen LogP contribution >= 0.6 is 0 Å². The summed E-state index contributed by atoms with van der Waals surface area (Å²) in [6.07, 6.45) is -4.64. The summed E-state index contributed by atoms with van der Waals surface area (Å²) in [5.41, 5.74) is 0. The standard InChI is InChI=1S/C11H16F3NO5/c1-19-2-3-20-6-9(16)15-4-7(10(17)18)8(5-15)11(12,13)14/h7-8H,2-6H2,1H3,(H,17,18)/t7-,8-/m1/s1. The molecule has 1 fully saturated rings. The predicted molar refractivity (Wildman–Crippen MR) is 59.9 cm³/mol. The Labute approximate surface area is 113 Å². The van der Waals surface area contributed by atoms with Crippen molar-refractivity contribution in [1.82, 2.24) is 4.90 Å². The van der Waals surface area contributed by atoms with E-state index in [1.165, 1.54) is 7.11 Å². The second kappa shape index (κ2) is 6.89. The van der Waals surface area contributed by atoms with Gasteiger partial charge in [0.2, 0.25) is 5.91 Å². The number of ether oxygens (including phenoxy) is 2. The van der Waals surface area contributed by atoms with Crippen LogP contribution in [0.15, 0.2) is 0 Å². The summed E-state index contributed by atoms with van der Waals surface area (Å²) >= 11 is 0. The van der Waals surface area contributed by atoms with Crippen LogP contribution in [0.5, 0.6) is 0 Å².